The van der Waals surface area contributed by atoms with Gasteiger partial charge >= 0.3 is 0 Å². The Bertz CT molecular complexity index is 725. The number of carbonyl (C=O) groups excluding carboxylic acids is 1. The van der Waals surface area contributed by atoms with Crippen LogP contribution in [-0.4, -0.2) is 74.2 Å². The van der Waals surface area contributed by atoms with Crippen LogP contribution in [0.25, 0.3) is 0 Å². The van der Waals surface area contributed by atoms with Gasteiger partial charge in [-0.05, 0) is 38.1 Å². The van der Waals surface area contributed by atoms with E-state index in [1.54, 1.807) is 4.90 Å². The van der Waals surface area contributed by atoms with Crippen molar-refractivity contribution in [2.45, 2.75) is 30.6 Å². The van der Waals surface area contributed by atoms with Crippen LogP contribution in [0.5, 0.6) is 0 Å². The lowest BCUT2D eigenvalue weighted by atomic mass is 10.2. The van der Waals surface area contributed by atoms with Crippen LogP contribution in [0.1, 0.15) is 25.7 Å². The van der Waals surface area contributed by atoms with Gasteiger partial charge in [-0.3, -0.25) is 9.69 Å². The Balaban J connectivity index is 1.57. The second-order valence-electron chi connectivity index (χ2n) is 6.91. The van der Waals surface area contributed by atoms with Crippen molar-refractivity contribution in [2.24, 2.45) is 0 Å². The van der Waals surface area contributed by atoms with E-state index in [2.05, 4.69) is 4.90 Å². The van der Waals surface area contributed by atoms with Gasteiger partial charge in [-0.15, -0.1) is 0 Å². The van der Waals surface area contributed by atoms with Crippen LogP contribution in [0.15, 0.2) is 29.2 Å². The van der Waals surface area contributed by atoms with Gasteiger partial charge in [0, 0.05) is 26.2 Å². The molecule has 0 spiro atoms. The molecule has 144 valence electrons. The zero-order chi connectivity index (χ0) is 18.6. The summed E-state index contributed by atoms with van der Waals surface area (Å²) in [7, 11) is -3.86. The molecule has 0 aliphatic carbocycles. The Labute approximate surface area is 154 Å². The van der Waals surface area contributed by atoms with Crippen molar-refractivity contribution in [3.05, 3.63) is 30.1 Å². The minimum absolute atomic E-state index is 0.0508. The van der Waals surface area contributed by atoms with Gasteiger partial charge < -0.3 is 4.90 Å². The summed E-state index contributed by atoms with van der Waals surface area (Å²) in [5, 5.41) is 0. The maximum Gasteiger partial charge on any atom is 0.246 e. The SMILES string of the molecule is O=C(CN1CCCCCC1)N1CCN(S(=O)(=O)c2ccccc2F)CC1. The zero-order valence-electron chi connectivity index (χ0n) is 14.9. The number of nitrogens with zero attached hydrogens (tertiary/aromatic N) is 3. The van der Waals surface area contributed by atoms with E-state index in [4.69, 9.17) is 0 Å². The first-order chi connectivity index (χ1) is 12.5. The predicted octanol–water partition coefficient (Wildman–Crippen LogP) is 1.53. The highest BCUT2D eigenvalue weighted by Crippen LogP contribution is 2.20. The van der Waals surface area contributed by atoms with Crippen molar-refractivity contribution in [3.63, 3.8) is 0 Å². The third-order valence-corrected chi connectivity index (χ3v) is 7.04. The minimum Gasteiger partial charge on any atom is -0.339 e. The lowest BCUT2D eigenvalue weighted by Gasteiger charge is -2.35. The first kappa shape index (κ1) is 19.3. The number of hydrogen-bond acceptors (Lipinski definition) is 4. The quantitative estimate of drug-likeness (QED) is 0.791. The Morgan fingerprint density at radius 2 is 1.54 bits per heavy atom. The molecule has 0 atom stereocenters. The lowest BCUT2D eigenvalue weighted by Crippen LogP contribution is -2.52. The van der Waals surface area contributed by atoms with E-state index < -0.39 is 15.8 Å². The number of halogens is 1. The van der Waals surface area contributed by atoms with Crippen molar-refractivity contribution < 1.29 is 17.6 Å². The lowest BCUT2D eigenvalue weighted by molar-refractivity contribution is -0.133. The first-order valence-corrected chi connectivity index (χ1v) is 10.7. The molecule has 0 radical (unpaired) electrons. The van der Waals surface area contributed by atoms with Crippen LogP contribution >= 0.6 is 0 Å². The molecule has 6 nitrogen and oxygen atoms in total. The van der Waals surface area contributed by atoms with Gasteiger partial charge in [-0.1, -0.05) is 25.0 Å². The fourth-order valence-electron chi connectivity index (χ4n) is 3.56. The molecule has 1 aromatic rings. The van der Waals surface area contributed by atoms with E-state index in [9.17, 15) is 17.6 Å². The molecule has 0 aromatic heterocycles. The molecule has 2 saturated heterocycles. The molecule has 1 aromatic carbocycles. The molecule has 2 heterocycles. The van der Waals surface area contributed by atoms with Crippen LogP contribution in [0.4, 0.5) is 4.39 Å². The standard InChI is InChI=1S/C18H26FN3O3S/c19-16-7-3-4-8-17(16)26(24,25)22-13-11-21(12-14-22)18(23)15-20-9-5-1-2-6-10-20/h3-4,7-8H,1-2,5-6,9-15H2. The summed E-state index contributed by atoms with van der Waals surface area (Å²) in [6, 6.07) is 5.40. The number of likely N-dealkylation sites (tertiary alicyclic amines) is 1. The molecule has 0 unspecified atom stereocenters. The zero-order valence-corrected chi connectivity index (χ0v) is 15.8. The van der Waals surface area contributed by atoms with Crippen molar-refractivity contribution in [1.82, 2.24) is 14.1 Å². The van der Waals surface area contributed by atoms with Crippen molar-refractivity contribution in [1.29, 1.82) is 0 Å². The van der Waals surface area contributed by atoms with E-state index in [-0.39, 0.29) is 23.9 Å². The average Bonchev–Trinajstić information content (AvgIpc) is 2.90. The van der Waals surface area contributed by atoms with Crippen molar-refractivity contribution in [2.75, 3.05) is 45.8 Å². The summed E-state index contributed by atoms with van der Waals surface area (Å²) >= 11 is 0. The van der Waals surface area contributed by atoms with E-state index in [1.807, 2.05) is 0 Å². The molecule has 0 bridgehead atoms. The van der Waals surface area contributed by atoms with E-state index in [0.29, 0.717) is 19.6 Å². The predicted molar refractivity (Wildman–Crippen MR) is 96.6 cm³/mol. The summed E-state index contributed by atoms with van der Waals surface area (Å²) in [6.45, 7) is 3.40. The second-order valence-corrected chi connectivity index (χ2v) is 8.81. The molecule has 2 aliphatic rings. The van der Waals surface area contributed by atoms with E-state index in [1.165, 1.54) is 35.3 Å². The molecule has 26 heavy (non-hydrogen) atoms. The molecule has 0 N–H and O–H groups in total. The number of amides is 1. The molecule has 2 aliphatic heterocycles. The summed E-state index contributed by atoms with van der Waals surface area (Å²) in [6.07, 6.45) is 4.69. The van der Waals surface area contributed by atoms with Crippen LogP contribution in [0.2, 0.25) is 0 Å². The number of rotatable bonds is 4. The van der Waals surface area contributed by atoms with Crippen molar-refractivity contribution >= 4 is 15.9 Å². The number of carbonyl (C=O) groups is 1. The smallest absolute Gasteiger partial charge is 0.246 e. The van der Waals surface area contributed by atoms with Crippen LogP contribution in [0.3, 0.4) is 0 Å². The Kier molecular flexibility index (Phi) is 6.26. The molecule has 2 fully saturated rings. The normalized spacial score (nSPS) is 20.7. The summed E-state index contributed by atoms with van der Waals surface area (Å²) in [5.74, 6) is -0.693. The largest absolute Gasteiger partial charge is 0.339 e. The fraction of sp³-hybridized carbons (Fsp3) is 0.611. The van der Waals surface area contributed by atoms with Crippen LogP contribution in [0, 0.1) is 5.82 Å². The van der Waals surface area contributed by atoms with Gasteiger partial charge in [0.25, 0.3) is 0 Å². The number of piperazine rings is 1. The number of benzene rings is 1. The molecular weight excluding hydrogens is 357 g/mol. The van der Waals surface area contributed by atoms with Gasteiger partial charge in [-0.2, -0.15) is 4.31 Å². The molecule has 8 heteroatoms. The molecular formula is C18H26FN3O3S. The van der Waals surface area contributed by atoms with Gasteiger partial charge in [0.1, 0.15) is 10.7 Å². The second kappa shape index (κ2) is 8.45. The van der Waals surface area contributed by atoms with Crippen LogP contribution in [-0.2, 0) is 14.8 Å². The third-order valence-electron chi connectivity index (χ3n) is 5.10. The monoisotopic (exact) mass is 383 g/mol. The number of hydrogen-bond donors (Lipinski definition) is 0. The molecule has 3 rings (SSSR count). The Morgan fingerprint density at radius 1 is 0.923 bits per heavy atom. The van der Waals surface area contributed by atoms with Gasteiger partial charge in [0.15, 0.2) is 0 Å². The average molecular weight is 383 g/mol. The van der Waals surface area contributed by atoms with Gasteiger partial charge in [-0.25, -0.2) is 12.8 Å². The first-order valence-electron chi connectivity index (χ1n) is 9.23. The summed E-state index contributed by atoms with van der Waals surface area (Å²) in [5.41, 5.74) is 0. The van der Waals surface area contributed by atoms with Gasteiger partial charge in [0.05, 0.1) is 6.54 Å². The topological polar surface area (TPSA) is 60.9 Å². The fourth-order valence-corrected chi connectivity index (χ4v) is 5.04. The Hall–Kier alpha value is -1.51. The summed E-state index contributed by atoms with van der Waals surface area (Å²) in [4.78, 5) is 16.1. The highest BCUT2D eigenvalue weighted by molar-refractivity contribution is 7.89. The minimum atomic E-state index is -3.86. The summed E-state index contributed by atoms with van der Waals surface area (Å²) < 4.78 is 40.4. The third kappa shape index (κ3) is 4.42. The van der Waals surface area contributed by atoms with Gasteiger partial charge in [0.2, 0.25) is 15.9 Å². The molecule has 1 amide bonds. The maximum atomic E-state index is 13.9. The Morgan fingerprint density at radius 3 is 2.15 bits per heavy atom. The number of sulfonamides is 1. The van der Waals surface area contributed by atoms with Crippen molar-refractivity contribution in [3.8, 4) is 0 Å². The molecule has 0 saturated carbocycles. The highest BCUT2D eigenvalue weighted by Gasteiger charge is 2.32. The van der Waals surface area contributed by atoms with E-state index >= 15 is 0 Å². The highest BCUT2D eigenvalue weighted by atomic mass is 32.2. The maximum absolute atomic E-state index is 13.9. The van der Waals surface area contributed by atoms with E-state index in [0.717, 1.165) is 32.0 Å². The van der Waals surface area contributed by atoms with Crippen LogP contribution < -0.4 is 0 Å².